The molecule has 0 N–H and O–H groups in total. The van der Waals surface area contributed by atoms with Crippen LogP contribution in [0.2, 0.25) is 0 Å². The van der Waals surface area contributed by atoms with Crippen molar-refractivity contribution in [3.8, 4) is 0 Å². The molecule has 0 bridgehead atoms. The fourth-order valence-electron chi connectivity index (χ4n) is 1.29. The Morgan fingerprint density at radius 2 is 1.94 bits per heavy atom. The SMILES string of the molecule is CC(Br)CCN(C)C(=O)c1ccc(Br)cc1. The maximum atomic E-state index is 12.0. The maximum Gasteiger partial charge on any atom is 0.253 e. The van der Waals surface area contributed by atoms with E-state index in [9.17, 15) is 4.79 Å². The van der Waals surface area contributed by atoms with Crippen LogP contribution in [0.4, 0.5) is 0 Å². The predicted molar refractivity (Wildman–Crippen MR) is 74.1 cm³/mol. The van der Waals surface area contributed by atoms with Gasteiger partial charge in [-0.25, -0.2) is 0 Å². The molecule has 1 aromatic rings. The Morgan fingerprint density at radius 3 is 2.44 bits per heavy atom. The lowest BCUT2D eigenvalue weighted by molar-refractivity contribution is 0.0794. The Balaban J connectivity index is 2.60. The van der Waals surface area contributed by atoms with Gasteiger partial charge in [-0.2, -0.15) is 0 Å². The van der Waals surface area contributed by atoms with E-state index in [1.807, 2.05) is 31.3 Å². The van der Waals surface area contributed by atoms with Gasteiger partial charge in [0.2, 0.25) is 0 Å². The van der Waals surface area contributed by atoms with Crippen LogP contribution < -0.4 is 0 Å². The average Bonchev–Trinajstić information content (AvgIpc) is 2.26. The summed E-state index contributed by atoms with van der Waals surface area (Å²) in [5, 5.41) is 0. The molecule has 0 radical (unpaired) electrons. The fourth-order valence-corrected chi connectivity index (χ4v) is 1.76. The molecule has 1 unspecified atom stereocenters. The third-order valence-electron chi connectivity index (χ3n) is 2.30. The summed E-state index contributed by atoms with van der Waals surface area (Å²) in [6.07, 6.45) is 0.957. The van der Waals surface area contributed by atoms with Gasteiger partial charge >= 0.3 is 0 Å². The first kappa shape index (κ1) is 13.7. The van der Waals surface area contributed by atoms with E-state index in [1.54, 1.807) is 4.90 Å². The van der Waals surface area contributed by atoms with Crippen LogP contribution in [0.25, 0.3) is 0 Å². The first-order valence-corrected chi connectivity index (χ1v) is 6.86. The van der Waals surface area contributed by atoms with Crippen LogP contribution in [0.1, 0.15) is 23.7 Å². The molecular formula is C12H15Br2NO. The Labute approximate surface area is 113 Å². The number of benzene rings is 1. The molecule has 1 amide bonds. The zero-order valence-electron chi connectivity index (χ0n) is 9.41. The minimum absolute atomic E-state index is 0.0700. The summed E-state index contributed by atoms with van der Waals surface area (Å²) in [4.78, 5) is 14.2. The molecule has 1 aromatic carbocycles. The first-order valence-electron chi connectivity index (χ1n) is 5.16. The van der Waals surface area contributed by atoms with Crippen LogP contribution in [0.15, 0.2) is 28.7 Å². The Bertz CT molecular complexity index is 349. The molecule has 88 valence electrons. The summed E-state index contributed by atoms with van der Waals surface area (Å²) in [6.45, 7) is 2.85. The number of nitrogens with zero attached hydrogens (tertiary/aromatic N) is 1. The average molecular weight is 349 g/mol. The van der Waals surface area contributed by atoms with Gasteiger partial charge in [0, 0.05) is 28.5 Å². The van der Waals surface area contributed by atoms with E-state index < -0.39 is 0 Å². The molecule has 1 rings (SSSR count). The second kappa shape index (κ2) is 6.40. The van der Waals surface area contributed by atoms with Gasteiger partial charge < -0.3 is 4.90 Å². The van der Waals surface area contributed by atoms with E-state index >= 15 is 0 Å². The smallest absolute Gasteiger partial charge is 0.253 e. The molecule has 0 aromatic heterocycles. The first-order chi connectivity index (χ1) is 7.50. The Hall–Kier alpha value is -0.350. The second-order valence-electron chi connectivity index (χ2n) is 3.80. The minimum Gasteiger partial charge on any atom is -0.342 e. The molecule has 0 saturated carbocycles. The highest BCUT2D eigenvalue weighted by molar-refractivity contribution is 9.10. The highest BCUT2D eigenvalue weighted by Crippen LogP contribution is 2.12. The Kier molecular flexibility index (Phi) is 5.49. The van der Waals surface area contributed by atoms with Gasteiger partial charge in [-0.05, 0) is 30.7 Å². The third kappa shape index (κ3) is 4.26. The van der Waals surface area contributed by atoms with Gasteiger partial charge in [-0.1, -0.05) is 38.8 Å². The molecule has 0 heterocycles. The van der Waals surface area contributed by atoms with Crippen LogP contribution in [0, 0.1) is 0 Å². The van der Waals surface area contributed by atoms with Crippen molar-refractivity contribution in [1.82, 2.24) is 4.90 Å². The van der Waals surface area contributed by atoms with E-state index in [0.717, 1.165) is 23.0 Å². The number of rotatable bonds is 4. The Morgan fingerprint density at radius 1 is 1.38 bits per heavy atom. The number of alkyl halides is 1. The van der Waals surface area contributed by atoms with Gasteiger partial charge in [0.05, 0.1) is 0 Å². The van der Waals surface area contributed by atoms with E-state index in [0.29, 0.717) is 4.83 Å². The van der Waals surface area contributed by atoms with Crippen LogP contribution >= 0.6 is 31.9 Å². The van der Waals surface area contributed by atoms with Crippen LogP contribution in [-0.2, 0) is 0 Å². The van der Waals surface area contributed by atoms with E-state index in [1.165, 1.54) is 0 Å². The predicted octanol–water partition coefficient (Wildman–Crippen LogP) is 3.69. The molecule has 0 spiro atoms. The summed E-state index contributed by atoms with van der Waals surface area (Å²) in [6, 6.07) is 7.43. The maximum absolute atomic E-state index is 12.0. The largest absolute Gasteiger partial charge is 0.342 e. The number of carbonyl (C=O) groups excluding carboxylic acids is 1. The van der Waals surface area contributed by atoms with Crippen LogP contribution in [0.3, 0.4) is 0 Å². The molecule has 4 heteroatoms. The minimum atomic E-state index is 0.0700. The van der Waals surface area contributed by atoms with Crippen molar-refractivity contribution < 1.29 is 4.79 Å². The standard InChI is InChI=1S/C12H15Br2NO/c1-9(13)7-8-15(2)12(16)10-3-5-11(14)6-4-10/h3-6,9H,7-8H2,1-2H3. The normalized spacial score (nSPS) is 12.2. The summed E-state index contributed by atoms with van der Waals surface area (Å²) in [7, 11) is 1.83. The van der Waals surface area contributed by atoms with E-state index in [-0.39, 0.29) is 5.91 Å². The second-order valence-corrected chi connectivity index (χ2v) is 6.28. The molecule has 0 fully saturated rings. The number of hydrogen-bond donors (Lipinski definition) is 0. The van der Waals surface area contributed by atoms with Crippen molar-refractivity contribution >= 4 is 37.8 Å². The lowest BCUT2D eigenvalue weighted by Crippen LogP contribution is -2.28. The zero-order valence-corrected chi connectivity index (χ0v) is 12.6. The number of carbonyl (C=O) groups is 1. The van der Waals surface area contributed by atoms with E-state index in [4.69, 9.17) is 0 Å². The van der Waals surface area contributed by atoms with Crippen LogP contribution in [0.5, 0.6) is 0 Å². The quantitative estimate of drug-likeness (QED) is 0.760. The topological polar surface area (TPSA) is 20.3 Å². The van der Waals surface area contributed by atoms with Crippen molar-refractivity contribution in [3.05, 3.63) is 34.3 Å². The van der Waals surface area contributed by atoms with Crippen molar-refractivity contribution in [2.45, 2.75) is 18.2 Å². The van der Waals surface area contributed by atoms with E-state index in [2.05, 4.69) is 38.8 Å². The third-order valence-corrected chi connectivity index (χ3v) is 3.29. The van der Waals surface area contributed by atoms with Gasteiger partial charge in [0.1, 0.15) is 0 Å². The summed E-state index contributed by atoms with van der Waals surface area (Å²) in [5.74, 6) is 0.0700. The number of amides is 1. The number of halogens is 2. The molecule has 2 nitrogen and oxygen atoms in total. The lowest BCUT2D eigenvalue weighted by atomic mass is 10.2. The monoisotopic (exact) mass is 347 g/mol. The van der Waals surface area contributed by atoms with Crippen molar-refractivity contribution in [2.24, 2.45) is 0 Å². The molecule has 16 heavy (non-hydrogen) atoms. The van der Waals surface area contributed by atoms with Crippen LogP contribution in [-0.4, -0.2) is 29.2 Å². The van der Waals surface area contributed by atoms with Gasteiger partial charge in [-0.3, -0.25) is 4.79 Å². The summed E-state index contributed by atoms with van der Waals surface area (Å²) in [5.41, 5.74) is 0.730. The van der Waals surface area contributed by atoms with Crippen molar-refractivity contribution in [2.75, 3.05) is 13.6 Å². The van der Waals surface area contributed by atoms with Gasteiger partial charge in [0.25, 0.3) is 5.91 Å². The highest BCUT2D eigenvalue weighted by atomic mass is 79.9. The zero-order chi connectivity index (χ0) is 12.1. The van der Waals surface area contributed by atoms with Crippen molar-refractivity contribution in [1.29, 1.82) is 0 Å². The molecule has 1 atom stereocenters. The molecular weight excluding hydrogens is 334 g/mol. The summed E-state index contributed by atoms with van der Waals surface area (Å²) >= 11 is 6.82. The fraction of sp³-hybridized carbons (Fsp3) is 0.417. The number of hydrogen-bond acceptors (Lipinski definition) is 1. The van der Waals surface area contributed by atoms with Gasteiger partial charge in [0.15, 0.2) is 0 Å². The lowest BCUT2D eigenvalue weighted by Gasteiger charge is -2.17. The highest BCUT2D eigenvalue weighted by Gasteiger charge is 2.11. The van der Waals surface area contributed by atoms with Crippen molar-refractivity contribution in [3.63, 3.8) is 0 Å². The van der Waals surface area contributed by atoms with Gasteiger partial charge in [-0.15, -0.1) is 0 Å². The molecule has 0 saturated heterocycles. The molecule has 0 aliphatic carbocycles. The molecule has 0 aliphatic heterocycles. The summed E-state index contributed by atoms with van der Waals surface area (Å²) < 4.78 is 0.987. The molecule has 0 aliphatic rings.